The summed E-state index contributed by atoms with van der Waals surface area (Å²) in [6.07, 6.45) is 1.85. The van der Waals surface area contributed by atoms with Gasteiger partial charge in [-0.1, -0.05) is 0 Å². The van der Waals surface area contributed by atoms with Crippen molar-refractivity contribution in [3.8, 4) is 0 Å². The zero-order valence-electron chi connectivity index (χ0n) is 7.06. The molecular formula is C8H12N2OS. The van der Waals surface area contributed by atoms with Crippen molar-refractivity contribution in [2.24, 2.45) is 0 Å². The number of thiazole rings is 1. The fraction of sp³-hybridized carbons (Fsp3) is 0.625. The van der Waals surface area contributed by atoms with E-state index < -0.39 is 0 Å². The first-order chi connectivity index (χ1) is 5.88. The number of rotatable bonds is 1. The van der Waals surface area contributed by atoms with Crippen LogP contribution < -0.4 is 0 Å². The van der Waals surface area contributed by atoms with Gasteiger partial charge in [0.1, 0.15) is 5.01 Å². The topological polar surface area (TPSA) is 25.4 Å². The quantitative estimate of drug-likeness (QED) is 0.654. The van der Waals surface area contributed by atoms with Gasteiger partial charge in [0.2, 0.25) is 0 Å². The number of aromatic nitrogens is 1. The Labute approximate surface area is 76.0 Å². The van der Waals surface area contributed by atoms with Gasteiger partial charge in [-0.05, 0) is 7.05 Å². The standard InChI is InChI=1S/C8H12N2OS/c1-10-3-4-11-6-7(10)8-9-2-5-12-8/h2,5,7H,3-4,6H2,1H3. The van der Waals surface area contributed by atoms with Gasteiger partial charge in [0.15, 0.2) is 0 Å². The molecule has 1 atom stereocenters. The lowest BCUT2D eigenvalue weighted by molar-refractivity contribution is 0.00499. The van der Waals surface area contributed by atoms with E-state index >= 15 is 0 Å². The highest BCUT2D eigenvalue weighted by molar-refractivity contribution is 7.09. The zero-order chi connectivity index (χ0) is 8.39. The summed E-state index contributed by atoms with van der Waals surface area (Å²) in [5.74, 6) is 0. The van der Waals surface area contributed by atoms with Gasteiger partial charge in [-0.3, -0.25) is 4.90 Å². The molecule has 4 heteroatoms. The SMILES string of the molecule is CN1CCOCC1c1nccs1. The molecule has 1 unspecified atom stereocenters. The minimum Gasteiger partial charge on any atom is -0.378 e. The van der Waals surface area contributed by atoms with Crippen molar-refractivity contribution in [3.63, 3.8) is 0 Å². The summed E-state index contributed by atoms with van der Waals surface area (Å²) in [7, 11) is 2.12. The maximum atomic E-state index is 5.40. The minimum atomic E-state index is 0.374. The van der Waals surface area contributed by atoms with Gasteiger partial charge in [-0.15, -0.1) is 11.3 Å². The number of nitrogens with zero attached hydrogens (tertiary/aromatic N) is 2. The Morgan fingerprint density at radius 1 is 1.75 bits per heavy atom. The fourth-order valence-corrected chi connectivity index (χ4v) is 2.13. The number of morpholine rings is 1. The van der Waals surface area contributed by atoms with Gasteiger partial charge in [0.05, 0.1) is 19.3 Å². The van der Waals surface area contributed by atoms with Gasteiger partial charge in [-0.25, -0.2) is 4.98 Å². The molecule has 1 fully saturated rings. The molecule has 0 aliphatic carbocycles. The normalized spacial score (nSPS) is 25.9. The fourth-order valence-electron chi connectivity index (χ4n) is 1.35. The van der Waals surface area contributed by atoms with Crippen molar-refractivity contribution in [3.05, 3.63) is 16.6 Å². The molecule has 1 aliphatic rings. The molecule has 66 valence electrons. The molecule has 1 aromatic heterocycles. The summed E-state index contributed by atoms with van der Waals surface area (Å²) in [6, 6.07) is 0.374. The lowest BCUT2D eigenvalue weighted by Gasteiger charge is -2.30. The van der Waals surface area contributed by atoms with Crippen molar-refractivity contribution >= 4 is 11.3 Å². The molecule has 2 rings (SSSR count). The van der Waals surface area contributed by atoms with Gasteiger partial charge in [-0.2, -0.15) is 0 Å². The Morgan fingerprint density at radius 3 is 3.33 bits per heavy atom. The molecule has 0 aromatic carbocycles. The second kappa shape index (κ2) is 3.51. The van der Waals surface area contributed by atoms with E-state index in [2.05, 4.69) is 16.9 Å². The van der Waals surface area contributed by atoms with Crippen LogP contribution in [0.2, 0.25) is 0 Å². The first-order valence-electron chi connectivity index (χ1n) is 4.05. The molecule has 0 spiro atoms. The third-order valence-electron chi connectivity index (χ3n) is 2.13. The molecule has 0 N–H and O–H groups in total. The smallest absolute Gasteiger partial charge is 0.112 e. The second-order valence-electron chi connectivity index (χ2n) is 2.94. The first kappa shape index (κ1) is 8.16. The average molecular weight is 184 g/mol. The summed E-state index contributed by atoms with van der Waals surface area (Å²) in [4.78, 5) is 6.58. The summed E-state index contributed by atoms with van der Waals surface area (Å²) in [5, 5.41) is 3.18. The molecule has 1 aliphatic heterocycles. The van der Waals surface area contributed by atoms with E-state index in [4.69, 9.17) is 4.74 Å². The molecule has 0 amide bonds. The Hall–Kier alpha value is -0.450. The van der Waals surface area contributed by atoms with Crippen LogP contribution in [0.25, 0.3) is 0 Å². The number of hydrogen-bond donors (Lipinski definition) is 0. The highest BCUT2D eigenvalue weighted by Crippen LogP contribution is 2.23. The van der Waals surface area contributed by atoms with E-state index in [0.29, 0.717) is 6.04 Å². The minimum absolute atomic E-state index is 0.374. The molecule has 1 saturated heterocycles. The Bertz CT molecular complexity index is 237. The molecule has 0 bridgehead atoms. The largest absolute Gasteiger partial charge is 0.378 e. The van der Waals surface area contributed by atoms with E-state index in [-0.39, 0.29) is 0 Å². The number of hydrogen-bond acceptors (Lipinski definition) is 4. The van der Waals surface area contributed by atoms with Crippen LogP contribution in [0.1, 0.15) is 11.0 Å². The number of ether oxygens (including phenoxy) is 1. The van der Waals surface area contributed by atoms with E-state index in [1.165, 1.54) is 0 Å². The van der Waals surface area contributed by atoms with Crippen molar-refractivity contribution in [2.45, 2.75) is 6.04 Å². The molecule has 3 nitrogen and oxygen atoms in total. The second-order valence-corrected chi connectivity index (χ2v) is 3.87. The third kappa shape index (κ3) is 1.50. The van der Waals surface area contributed by atoms with Crippen molar-refractivity contribution in [1.82, 2.24) is 9.88 Å². The van der Waals surface area contributed by atoms with Crippen LogP contribution in [-0.2, 0) is 4.74 Å². The van der Waals surface area contributed by atoms with Crippen LogP contribution in [0.3, 0.4) is 0 Å². The van der Waals surface area contributed by atoms with Crippen LogP contribution in [0.5, 0.6) is 0 Å². The van der Waals surface area contributed by atoms with E-state index in [9.17, 15) is 0 Å². The maximum Gasteiger partial charge on any atom is 0.112 e. The summed E-state index contributed by atoms with van der Waals surface area (Å²) in [5.41, 5.74) is 0. The van der Waals surface area contributed by atoms with Gasteiger partial charge >= 0.3 is 0 Å². The summed E-state index contributed by atoms with van der Waals surface area (Å²) >= 11 is 1.70. The van der Waals surface area contributed by atoms with Crippen LogP contribution in [-0.4, -0.2) is 36.7 Å². The van der Waals surface area contributed by atoms with Gasteiger partial charge < -0.3 is 4.74 Å². The number of likely N-dealkylation sites (N-methyl/N-ethyl adjacent to an activating group) is 1. The monoisotopic (exact) mass is 184 g/mol. The summed E-state index contributed by atoms with van der Waals surface area (Å²) < 4.78 is 5.40. The predicted octanol–water partition coefficient (Wildman–Crippen LogP) is 1.15. The lowest BCUT2D eigenvalue weighted by Crippen LogP contribution is -2.36. The van der Waals surface area contributed by atoms with Crippen molar-refractivity contribution in [2.75, 3.05) is 26.8 Å². The average Bonchev–Trinajstić information content (AvgIpc) is 2.57. The molecule has 1 aromatic rings. The highest BCUT2D eigenvalue weighted by Gasteiger charge is 2.22. The highest BCUT2D eigenvalue weighted by atomic mass is 32.1. The maximum absolute atomic E-state index is 5.40. The molecule has 12 heavy (non-hydrogen) atoms. The Balaban J connectivity index is 2.11. The molecule has 0 saturated carbocycles. The first-order valence-corrected chi connectivity index (χ1v) is 4.93. The third-order valence-corrected chi connectivity index (χ3v) is 3.01. The van der Waals surface area contributed by atoms with Crippen LogP contribution in [0, 0.1) is 0 Å². The Kier molecular flexibility index (Phi) is 2.39. The van der Waals surface area contributed by atoms with Crippen LogP contribution in [0.15, 0.2) is 11.6 Å². The van der Waals surface area contributed by atoms with E-state index in [1.54, 1.807) is 11.3 Å². The van der Waals surface area contributed by atoms with E-state index in [1.807, 2.05) is 11.6 Å². The zero-order valence-corrected chi connectivity index (χ0v) is 7.88. The lowest BCUT2D eigenvalue weighted by atomic mass is 10.2. The Morgan fingerprint density at radius 2 is 2.67 bits per heavy atom. The van der Waals surface area contributed by atoms with Gasteiger partial charge in [0, 0.05) is 18.1 Å². The van der Waals surface area contributed by atoms with Gasteiger partial charge in [0.25, 0.3) is 0 Å². The van der Waals surface area contributed by atoms with Crippen LogP contribution in [0.4, 0.5) is 0 Å². The predicted molar refractivity (Wildman–Crippen MR) is 48.3 cm³/mol. The molecule has 2 heterocycles. The summed E-state index contributed by atoms with van der Waals surface area (Å²) in [6.45, 7) is 2.63. The van der Waals surface area contributed by atoms with Crippen molar-refractivity contribution in [1.29, 1.82) is 0 Å². The molecule has 0 radical (unpaired) electrons. The van der Waals surface area contributed by atoms with Crippen molar-refractivity contribution < 1.29 is 4.74 Å². The molecular weight excluding hydrogens is 172 g/mol. The van der Waals surface area contributed by atoms with Crippen LogP contribution >= 0.6 is 11.3 Å². The van der Waals surface area contributed by atoms with E-state index in [0.717, 1.165) is 24.8 Å².